The van der Waals surface area contributed by atoms with Crippen molar-refractivity contribution in [1.29, 1.82) is 0 Å². The zero-order valence-corrected chi connectivity index (χ0v) is 11.7. The van der Waals surface area contributed by atoms with E-state index in [0.717, 1.165) is 25.1 Å². The molecule has 1 N–H and O–H groups in total. The Kier molecular flexibility index (Phi) is 4.60. The summed E-state index contributed by atoms with van der Waals surface area (Å²) < 4.78 is 13.8. The highest BCUT2D eigenvalue weighted by atomic mass is 35.5. The molecule has 0 spiro atoms. The normalized spacial score (nSPS) is 25.3. The Morgan fingerprint density at radius 1 is 1.50 bits per heavy atom. The minimum atomic E-state index is -0.205. The first kappa shape index (κ1) is 13.8. The van der Waals surface area contributed by atoms with Gasteiger partial charge in [-0.3, -0.25) is 4.90 Å². The van der Waals surface area contributed by atoms with Crippen LogP contribution in [0.5, 0.6) is 0 Å². The van der Waals surface area contributed by atoms with Crippen molar-refractivity contribution in [3.05, 3.63) is 34.6 Å². The molecule has 1 heterocycles. The van der Waals surface area contributed by atoms with Gasteiger partial charge in [0.1, 0.15) is 5.82 Å². The summed E-state index contributed by atoms with van der Waals surface area (Å²) in [5.41, 5.74) is 0.729. The highest BCUT2D eigenvalue weighted by molar-refractivity contribution is 6.30. The Labute approximate surface area is 113 Å². The number of nitrogens with zero attached hydrogens (tertiary/aromatic N) is 1. The quantitative estimate of drug-likeness (QED) is 0.908. The minimum absolute atomic E-state index is 0.205. The number of benzene rings is 1. The Hall–Kier alpha value is -0.640. The third-order valence-corrected chi connectivity index (χ3v) is 3.82. The van der Waals surface area contributed by atoms with Gasteiger partial charge in [-0.1, -0.05) is 24.6 Å². The van der Waals surface area contributed by atoms with Gasteiger partial charge in [-0.05, 0) is 25.5 Å². The van der Waals surface area contributed by atoms with E-state index in [2.05, 4.69) is 24.1 Å². The lowest BCUT2D eigenvalue weighted by molar-refractivity contribution is 0.123. The smallest absolute Gasteiger partial charge is 0.129 e. The van der Waals surface area contributed by atoms with Gasteiger partial charge >= 0.3 is 0 Å². The molecule has 1 aromatic rings. The van der Waals surface area contributed by atoms with Crippen LogP contribution in [0.15, 0.2) is 18.2 Å². The number of halogens is 2. The maximum atomic E-state index is 13.8. The number of hydrogen-bond acceptors (Lipinski definition) is 2. The summed E-state index contributed by atoms with van der Waals surface area (Å²) in [5.74, 6) is -0.205. The average molecular weight is 271 g/mol. The number of rotatable bonds is 3. The molecule has 0 aromatic heterocycles. The van der Waals surface area contributed by atoms with Crippen molar-refractivity contribution in [2.45, 2.75) is 38.9 Å². The lowest BCUT2D eigenvalue weighted by Gasteiger charge is -2.39. The highest BCUT2D eigenvalue weighted by Gasteiger charge is 2.24. The lowest BCUT2D eigenvalue weighted by Crippen LogP contribution is -2.54. The molecule has 2 atom stereocenters. The molecule has 100 valence electrons. The number of nitrogens with one attached hydrogen (secondary N) is 1. The summed E-state index contributed by atoms with van der Waals surface area (Å²) in [6.45, 7) is 6.94. The van der Waals surface area contributed by atoms with Gasteiger partial charge in [0.25, 0.3) is 0 Å². The van der Waals surface area contributed by atoms with Gasteiger partial charge < -0.3 is 5.32 Å². The molecule has 0 amide bonds. The van der Waals surface area contributed by atoms with Gasteiger partial charge in [0.15, 0.2) is 0 Å². The van der Waals surface area contributed by atoms with E-state index in [9.17, 15) is 4.39 Å². The van der Waals surface area contributed by atoms with Crippen LogP contribution in [0.25, 0.3) is 0 Å². The van der Waals surface area contributed by atoms with Crippen LogP contribution in [-0.2, 0) is 6.54 Å². The van der Waals surface area contributed by atoms with E-state index in [1.165, 1.54) is 6.07 Å². The second kappa shape index (κ2) is 6.00. The maximum Gasteiger partial charge on any atom is 0.129 e. The van der Waals surface area contributed by atoms with Crippen LogP contribution in [0.1, 0.15) is 25.8 Å². The minimum Gasteiger partial charge on any atom is -0.311 e. The van der Waals surface area contributed by atoms with Crippen molar-refractivity contribution in [3.63, 3.8) is 0 Å². The van der Waals surface area contributed by atoms with E-state index in [1.807, 2.05) is 0 Å². The van der Waals surface area contributed by atoms with Gasteiger partial charge in [0.05, 0.1) is 0 Å². The molecule has 18 heavy (non-hydrogen) atoms. The fraction of sp³-hybridized carbons (Fsp3) is 0.571. The summed E-state index contributed by atoms with van der Waals surface area (Å²) in [7, 11) is 0. The van der Waals surface area contributed by atoms with Crippen molar-refractivity contribution in [2.75, 3.05) is 13.1 Å². The van der Waals surface area contributed by atoms with Crippen LogP contribution in [0.4, 0.5) is 4.39 Å². The first-order chi connectivity index (χ1) is 8.60. The Balaban J connectivity index is 2.10. The van der Waals surface area contributed by atoms with E-state index in [4.69, 9.17) is 11.6 Å². The summed E-state index contributed by atoms with van der Waals surface area (Å²) in [6.07, 6.45) is 1.08. The second-order valence-electron chi connectivity index (χ2n) is 5.04. The summed E-state index contributed by atoms with van der Waals surface area (Å²) >= 11 is 5.78. The zero-order chi connectivity index (χ0) is 13.1. The van der Waals surface area contributed by atoms with Crippen LogP contribution < -0.4 is 5.32 Å². The van der Waals surface area contributed by atoms with E-state index < -0.39 is 0 Å². The molecule has 1 fully saturated rings. The first-order valence-corrected chi connectivity index (χ1v) is 6.89. The molecule has 0 saturated carbocycles. The van der Waals surface area contributed by atoms with Crippen molar-refractivity contribution in [2.24, 2.45) is 0 Å². The second-order valence-corrected chi connectivity index (χ2v) is 5.47. The largest absolute Gasteiger partial charge is 0.311 e. The van der Waals surface area contributed by atoms with Crippen molar-refractivity contribution in [1.82, 2.24) is 10.2 Å². The van der Waals surface area contributed by atoms with Crippen molar-refractivity contribution >= 4 is 11.6 Å². The van der Waals surface area contributed by atoms with Gasteiger partial charge in [0, 0.05) is 42.3 Å². The summed E-state index contributed by atoms with van der Waals surface area (Å²) in [5, 5.41) is 3.92. The van der Waals surface area contributed by atoms with E-state index >= 15 is 0 Å². The topological polar surface area (TPSA) is 15.3 Å². The lowest BCUT2D eigenvalue weighted by atomic mass is 10.1. The average Bonchev–Trinajstić information content (AvgIpc) is 2.33. The monoisotopic (exact) mass is 270 g/mol. The molecule has 1 saturated heterocycles. The molecule has 1 aromatic carbocycles. The Bertz CT molecular complexity index is 411. The predicted molar refractivity (Wildman–Crippen MR) is 73.4 cm³/mol. The van der Waals surface area contributed by atoms with Gasteiger partial charge in [0.2, 0.25) is 0 Å². The molecule has 1 aliphatic heterocycles. The first-order valence-electron chi connectivity index (χ1n) is 6.51. The third kappa shape index (κ3) is 3.22. The van der Waals surface area contributed by atoms with Gasteiger partial charge in [-0.25, -0.2) is 4.39 Å². The van der Waals surface area contributed by atoms with E-state index in [1.54, 1.807) is 12.1 Å². The van der Waals surface area contributed by atoms with E-state index in [-0.39, 0.29) is 5.82 Å². The molecule has 2 unspecified atom stereocenters. The van der Waals surface area contributed by atoms with Crippen LogP contribution in [0.3, 0.4) is 0 Å². The Morgan fingerprint density at radius 2 is 2.28 bits per heavy atom. The van der Waals surface area contributed by atoms with Gasteiger partial charge in [-0.15, -0.1) is 0 Å². The molecule has 0 aliphatic carbocycles. The fourth-order valence-electron chi connectivity index (χ4n) is 2.50. The van der Waals surface area contributed by atoms with Crippen molar-refractivity contribution < 1.29 is 4.39 Å². The fourth-order valence-corrected chi connectivity index (χ4v) is 2.66. The van der Waals surface area contributed by atoms with Crippen LogP contribution >= 0.6 is 11.6 Å². The molecule has 4 heteroatoms. The summed E-state index contributed by atoms with van der Waals surface area (Å²) in [6, 6.07) is 5.88. The predicted octanol–water partition coefficient (Wildman–Crippen LogP) is 3.05. The Morgan fingerprint density at radius 3 is 2.94 bits per heavy atom. The van der Waals surface area contributed by atoms with Gasteiger partial charge in [-0.2, -0.15) is 0 Å². The third-order valence-electron chi connectivity index (χ3n) is 3.59. The molecule has 0 bridgehead atoms. The van der Waals surface area contributed by atoms with E-state index in [0.29, 0.717) is 23.7 Å². The SMILES string of the molecule is CCC1CNC(C)CN1Cc1ccc(Cl)cc1F. The van der Waals surface area contributed by atoms with Crippen LogP contribution in [0, 0.1) is 5.82 Å². The molecule has 2 nitrogen and oxygen atoms in total. The van der Waals surface area contributed by atoms with Crippen molar-refractivity contribution in [3.8, 4) is 0 Å². The molecular weight excluding hydrogens is 251 g/mol. The molecule has 1 aliphatic rings. The zero-order valence-electron chi connectivity index (χ0n) is 10.9. The molecule has 2 rings (SSSR count). The summed E-state index contributed by atoms with van der Waals surface area (Å²) in [4.78, 5) is 2.35. The standard InChI is InChI=1S/C14H20ClFN2/c1-3-13-7-17-10(2)8-18(13)9-11-4-5-12(15)6-14(11)16/h4-6,10,13,17H,3,7-9H2,1-2H3. The number of hydrogen-bond donors (Lipinski definition) is 1. The highest BCUT2D eigenvalue weighted by Crippen LogP contribution is 2.19. The number of piperazine rings is 1. The maximum absolute atomic E-state index is 13.8. The van der Waals surface area contributed by atoms with Crippen LogP contribution in [0.2, 0.25) is 5.02 Å². The molecule has 0 radical (unpaired) electrons. The van der Waals surface area contributed by atoms with Crippen LogP contribution in [-0.4, -0.2) is 30.1 Å². The molecular formula is C14H20ClFN2.